The zero-order valence-electron chi connectivity index (χ0n) is 17.6. The topological polar surface area (TPSA) is 50.5 Å². The van der Waals surface area contributed by atoms with Crippen LogP contribution in [0.25, 0.3) is 11.0 Å². The maximum atomic E-state index is 13.1. The summed E-state index contributed by atoms with van der Waals surface area (Å²) in [6, 6.07) is 25.4. The zero-order chi connectivity index (χ0) is 21.6. The van der Waals surface area contributed by atoms with Crippen molar-refractivity contribution < 1.29 is 9.21 Å². The van der Waals surface area contributed by atoms with E-state index in [0.29, 0.717) is 35.9 Å². The van der Waals surface area contributed by atoms with Gasteiger partial charge >= 0.3 is 0 Å². The number of aryl methyl sites for hydroxylation is 2. The number of carbonyl (C=O) groups excluding carboxylic acids is 1. The van der Waals surface area contributed by atoms with Gasteiger partial charge in [0.1, 0.15) is 5.58 Å². The van der Waals surface area contributed by atoms with E-state index in [1.807, 2.05) is 85.8 Å². The molecule has 0 aliphatic rings. The maximum absolute atomic E-state index is 13.1. The Bertz CT molecular complexity index is 1230. The van der Waals surface area contributed by atoms with Crippen LogP contribution in [0.4, 0.5) is 0 Å². The van der Waals surface area contributed by atoms with Crippen molar-refractivity contribution in [2.24, 2.45) is 0 Å². The molecule has 0 radical (unpaired) electrons. The van der Waals surface area contributed by atoms with Crippen molar-refractivity contribution in [2.45, 2.75) is 32.9 Å². The number of nitrogens with zero attached hydrogens (tertiary/aromatic N) is 1. The van der Waals surface area contributed by atoms with Gasteiger partial charge in [-0.2, -0.15) is 0 Å². The summed E-state index contributed by atoms with van der Waals surface area (Å²) in [5, 5.41) is 0.550. The smallest absolute Gasteiger partial charge is 0.223 e. The molecule has 0 unspecified atom stereocenters. The Hall–Kier alpha value is -3.66. The number of hydrogen-bond donors (Lipinski definition) is 0. The van der Waals surface area contributed by atoms with E-state index in [9.17, 15) is 9.59 Å². The van der Waals surface area contributed by atoms with Gasteiger partial charge in [-0.25, -0.2) is 0 Å². The van der Waals surface area contributed by atoms with Gasteiger partial charge in [-0.05, 0) is 36.6 Å². The average molecular weight is 412 g/mol. The van der Waals surface area contributed by atoms with E-state index in [2.05, 4.69) is 0 Å². The summed E-state index contributed by atoms with van der Waals surface area (Å²) in [4.78, 5) is 28.0. The van der Waals surface area contributed by atoms with Crippen molar-refractivity contribution >= 4 is 16.9 Å². The van der Waals surface area contributed by atoms with Crippen LogP contribution in [-0.4, -0.2) is 10.8 Å². The highest BCUT2D eigenvalue weighted by molar-refractivity contribution is 5.78. The lowest BCUT2D eigenvalue weighted by Crippen LogP contribution is -2.32. The summed E-state index contributed by atoms with van der Waals surface area (Å²) in [5.74, 6) is 0.0106. The lowest BCUT2D eigenvalue weighted by atomic mass is 10.1. The predicted molar refractivity (Wildman–Crippen MR) is 123 cm³/mol. The molecule has 1 heterocycles. The summed E-state index contributed by atoms with van der Waals surface area (Å²) in [6.45, 7) is 2.61. The van der Waals surface area contributed by atoms with Crippen molar-refractivity contribution in [1.82, 2.24) is 4.90 Å². The second-order valence-electron chi connectivity index (χ2n) is 7.81. The van der Waals surface area contributed by atoms with Gasteiger partial charge in [0.25, 0.3) is 0 Å². The van der Waals surface area contributed by atoms with E-state index < -0.39 is 0 Å². The van der Waals surface area contributed by atoms with Crippen molar-refractivity contribution in [1.29, 1.82) is 0 Å². The van der Waals surface area contributed by atoms with Crippen molar-refractivity contribution in [3.8, 4) is 0 Å². The standard InChI is InChI=1S/C27H25NO3/c1-20-12-14-25-24(16-20)27(30)23(19-31-25)18-28(17-22-10-6-3-7-11-22)26(29)15-13-21-8-4-2-5-9-21/h2-12,14,16,19H,13,15,17-18H2,1H3. The largest absolute Gasteiger partial charge is 0.464 e. The van der Waals surface area contributed by atoms with Crippen LogP contribution in [0.1, 0.15) is 28.7 Å². The maximum Gasteiger partial charge on any atom is 0.223 e. The number of hydrogen-bond acceptors (Lipinski definition) is 3. The molecule has 0 aliphatic carbocycles. The molecule has 4 heteroatoms. The van der Waals surface area contributed by atoms with Crippen molar-refractivity contribution in [3.05, 3.63) is 118 Å². The molecule has 1 amide bonds. The van der Waals surface area contributed by atoms with Gasteiger partial charge in [0, 0.05) is 13.0 Å². The molecule has 0 bridgehead atoms. The van der Waals surface area contributed by atoms with Crippen LogP contribution in [0.5, 0.6) is 0 Å². The van der Waals surface area contributed by atoms with Crippen LogP contribution in [0.3, 0.4) is 0 Å². The zero-order valence-corrected chi connectivity index (χ0v) is 17.6. The Kier molecular flexibility index (Phi) is 6.27. The Morgan fingerprint density at radius 3 is 2.26 bits per heavy atom. The Balaban J connectivity index is 1.59. The lowest BCUT2D eigenvalue weighted by Gasteiger charge is -2.23. The van der Waals surface area contributed by atoms with Crippen LogP contribution in [0.15, 0.2) is 94.3 Å². The first kappa shape index (κ1) is 20.6. The van der Waals surface area contributed by atoms with Crippen LogP contribution in [0, 0.1) is 6.92 Å². The molecular weight excluding hydrogens is 386 g/mol. The van der Waals surface area contributed by atoms with E-state index in [-0.39, 0.29) is 17.9 Å². The van der Waals surface area contributed by atoms with E-state index in [1.165, 1.54) is 6.26 Å². The normalized spacial score (nSPS) is 10.9. The highest BCUT2D eigenvalue weighted by Crippen LogP contribution is 2.16. The van der Waals surface area contributed by atoms with Gasteiger partial charge in [0.2, 0.25) is 5.91 Å². The van der Waals surface area contributed by atoms with E-state index in [0.717, 1.165) is 16.7 Å². The summed E-state index contributed by atoms with van der Waals surface area (Å²) in [7, 11) is 0. The summed E-state index contributed by atoms with van der Waals surface area (Å²) >= 11 is 0. The Morgan fingerprint density at radius 2 is 1.55 bits per heavy atom. The molecule has 4 rings (SSSR count). The number of amides is 1. The van der Waals surface area contributed by atoms with Crippen LogP contribution in [0.2, 0.25) is 0 Å². The number of rotatable bonds is 7. The molecule has 0 saturated carbocycles. The van der Waals surface area contributed by atoms with Crippen LogP contribution < -0.4 is 5.43 Å². The minimum Gasteiger partial charge on any atom is -0.464 e. The third-order valence-electron chi connectivity index (χ3n) is 5.40. The van der Waals surface area contributed by atoms with Gasteiger partial charge < -0.3 is 9.32 Å². The fourth-order valence-electron chi connectivity index (χ4n) is 3.69. The number of carbonyl (C=O) groups is 1. The first-order valence-electron chi connectivity index (χ1n) is 10.5. The quantitative estimate of drug-likeness (QED) is 0.417. The average Bonchev–Trinajstić information content (AvgIpc) is 2.80. The molecule has 0 atom stereocenters. The van der Waals surface area contributed by atoms with Crippen LogP contribution in [-0.2, 0) is 24.3 Å². The highest BCUT2D eigenvalue weighted by Gasteiger charge is 2.18. The second kappa shape index (κ2) is 9.43. The Morgan fingerprint density at radius 1 is 0.871 bits per heavy atom. The molecule has 0 fully saturated rings. The monoisotopic (exact) mass is 411 g/mol. The number of benzene rings is 3. The molecule has 0 spiro atoms. The second-order valence-corrected chi connectivity index (χ2v) is 7.81. The highest BCUT2D eigenvalue weighted by atomic mass is 16.3. The third-order valence-corrected chi connectivity index (χ3v) is 5.40. The molecule has 0 saturated heterocycles. The fraction of sp³-hybridized carbons (Fsp3) is 0.185. The molecule has 0 aliphatic heterocycles. The van der Waals surface area contributed by atoms with Gasteiger partial charge in [0.05, 0.1) is 23.8 Å². The summed E-state index contributed by atoms with van der Waals surface area (Å²) < 4.78 is 5.70. The molecule has 1 aromatic heterocycles. The fourth-order valence-corrected chi connectivity index (χ4v) is 3.69. The summed E-state index contributed by atoms with van der Waals surface area (Å²) in [6.07, 6.45) is 2.54. The molecule has 4 nitrogen and oxygen atoms in total. The van der Waals surface area contributed by atoms with Gasteiger partial charge in [0.15, 0.2) is 5.43 Å². The van der Waals surface area contributed by atoms with Crippen molar-refractivity contribution in [2.75, 3.05) is 0 Å². The molecule has 31 heavy (non-hydrogen) atoms. The summed E-state index contributed by atoms with van der Waals surface area (Å²) in [5.41, 5.74) is 4.11. The molecule has 156 valence electrons. The van der Waals surface area contributed by atoms with E-state index >= 15 is 0 Å². The van der Waals surface area contributed by atoms with Gasteiger partial charge in [-0.1, -0.05) is 72.3 Å². The number of fused-ring (bicyclic) bond motifs is 1. The van der Waals surface area contributed by atoms with E-state index in [1.54, 1.807) is 4.90 Å². The van der Waals surface area contributed by atoms with Crippen LogP contribution >= 0.6 is 0 Å². The van der Waals surface area contributed by atoms with Gasteiger partial charge in [-0.15, -0.1) is 0 Å². The van der Waals surface area contributed by atoms with Crippen molar-refractivity contribution in [3.63, 3.8) is 0 Å². The Labute approximate surface area is 181 Å². The molecule has 3 aromatic carbocycles. The van der Waals surface area contributed by atoms with E-state index in [4.69, 9.17) is 4.42 Å². The first-order valence-corrected chi connectivity index (χ1v) is 10.5. The third kappa shape index (κ3) is 5.10. The first-order chi connectivity index (χ1) is 15.1. The molecular formula is C27H25NO3. The molecule has 0 N–H and O–H groups in total. The molecule has 4 aromatic rings. The van der Waals surface area contributed by atoms with Gasteiger partial charge in [-0.3, -0.25) is 9.59 Å². The minimum absolute atomic E-state index is 0.0106. The SMILES string of the molecule is Cc1ccc2occ(CN(Cc3ccccc3)C(=O)CCc3ccccc3)c(=O)c2c1. The minimum atomic E-state index is -0.0844. The predicted octanol–water partition coefficient (Wildman–Crippen LogP) is 5.26. The lowest BCUT2D eigenvalue weighted by molar-refractivity contribution is -0.132.